The van der Waals surface area contributed by atoms with Gasteiger partial charge in [0, 0.05) is 48.2 Å². The van der Waals surface area contributed by atoms with Gasteiger partial charge in [0.05, 0.1) is 28.7 Å². The number of hydrogen-bond acceptors (Lipinski definition) is 11. The Balaban J connectivity index is 1.19. The van der Waals surface area contributed by atoms with Gasteiger partial charge in [-0.2, -0.15) is 9.97 Å². The molecule has 0 saturated carbocycles. The van der Waals surface area contributed by atoms with Crippen molar-refractivity contribution in [1.82, 2.24) is 24.8 Å². The fourth-order valence-electron chi connectivity index (χ4n) is 9.95. The van der Waals surface area contributed by atoms with E-state index in [2.05, 4.69) is 27.5 Å². The molecule has 0 spiro atoms. The molecule has 2 atom stereocenters. The van der Waals surface area contributed by atoms with Crippen LogP contribution in [0, 0.1) is 24.0 Å². The van der Waals surface area contributed by atoms with Crippen molar-refractivity contribution in [2.24, 2.45) is 0 Å². The number of fused-ring (bicyclic) bond motifs is 4. The van der Waals surface area contributed by atoms with Crippen molar-refractivity contribution in [3.63, 3.8) is 0 Å². The fraction of sp³-hybridized carbons (Fsp3) is 0.488. The van der Waals surface area contributed by atoms with E-state index in [0.717, 1.165) is 64.5 Å². The number of aryl methyl sites for hydroxylation is 2. The SMILES string of the molecule is C#Cc1c(F)ccc2cc(N)cc(-c3nc4c5c(nc(OCC67CCCN6CCC7)nc5c3F)N3C[C@@H](CC)N(Cc5oc(=O)oc5CCC)CC3CCC4)c12. The molecule has 0 radical (unpaired) electrons. The minimum atomic E-state index is -0.674. The third-order valence-electron chi connectivity index (χ3n) is 12.6. The fourth-order valence-corrected chi connectivity index (χ4v) is 9.95. The summed E-state index contributed by atoms with van der Waals surface area (Å²) in [6, 6.07) is 6.41. The number of benzene rings is 2. The van der Waals surface area contributed by atoms with Crippen LogP contribution in [0.25, 0.3) is 32.9 Å². The third kappa shape index (κ3) is 6.18. The number of anilines is 2. The van der Waals surface area contributed by atoms with Crippen LogP contribution in [0.5, 0.6) is 6.01 Å². The van der Waals surface area contributed by atoms with Crippen LogP contribution >= 0.6 is 0 Å². The Kier molecular flexibility index (Phi) is 9.45. The molecule has 7 heterocycles. The van der Waals surface area contributed by atoms with E-state index >= 15 is 8.78 Å². The largest absolute Gasteiger partial charge is 0.519 e. The Hall–Kier alpha value is -5.06. The summed E-state index contributed by atoms with van der Waals surface area (Å²) in [7, 11) is 0. The predicted octanol–water partition coefficient (Wildman–Crippen LogP) is 7.00. The van der Waals surface area contributed by atoms with Gasteiger partial charge in [-0.1, -0.05) is 25.8 Å². The first-order valence-electron chi connectivity index (χ1n) is 20.1. The topological polar surface area (TPSA) is 127 Å². The molecular formula is C43H47F2N7O4. The summed E-state index contributed by atoms with van der Waals surface area (Å²) in [6.45, 7) is 8.42. The molecule has 9 rings (SSSR count). The molecule has 13 heteroatoms. The highest BCUT2D eigenvalue weighted by atomic mass is 19.1. The number of halogens is 2. The first-order chi connectivity index (χ1) is 27.2. The van der Waals surface area contributed by atoms with E-state index in [1.54, 1.807) is 18.2 Å². The number of nitrogen functional groups attached to an aromatic ring is 1. The predicted molar refractivity (Wildman–Crippen MR) is 211 cm³/mol. The van der Waals surface area contributed by atoms with Crippen molar-refractivity contribution in [3.05, 3.63) is 69.3 Å². The van der Waals surface area contributed by atoms with Gasteiger partial charge in [0.25, 0.3) is 0 Å². The van der Waals surface area contributed by atoms with E-state index in [0.29, 0.717) is 89.5 Å². The molecule has 3 saturated heterocycles. The van der Waals surface area contributed by atoms with Gasteiger partial charge in [0.1, 0.15) is 29.5 Å². The Bertz CT molecular complexity index is 2430. The van der Waals surface area contributed by atoms with E-state index in [-0.39, 0.29) is 40.4 Å². The first kappa shape index (κ1) is 36.6. The highest BCUT2D eigenvalue weighted by Gasteiger charge is 2.45. The van der Waals surface area contributed by atoms with Crippen LogP contribution in [0.2, 0.25) is 0 Å². The van der Waals surface area contributed by atoms with Gasteiger partial charge in [0.2, 0.25) is 0 Å². The molecule has 0 aliphatic carbocycles. The summed E-state index contributed by atoms with van der Waals surface area (Å²) >= 11 is 0. The molecule has 3 aromatic heterocycles. The van der Waals surface area contributed by atoms with Crippen LogP contribution in [0.3, 0.4) is 0 Å². The lowest BCUT2D eigenvalue weighted by Gasteiger charge is -2.47. The quantitative estimate of drug-likeness (QED) is 0.123. The molecule has 292 valence electrons. The molecule has 2 aromatic carbocycles. The average Bonchev–Trinajstić information content (AvgIpc) is 3.88. The van der Waals surface area contributed by atoms with Gasteiger partial charge in [-0.05, 0) is 94.5 Å². The molecule has 11 nitrogen and oxygen atoms in total. The zero-order chi connectivity index (χ0) is 38.7. The Labute approximate surface area is 324 Å². The second kappa shape index (κ2) is 14.5. The second-order valence-electron chi connectivity index (χ2n) is 16.0. The number of nitrogens with zero attached hydrogens (tertiary/aromatic N) is 6. The molecule has 56 heavy (non-hydrogen) atoms. The molecular weight excluding hydrogens is 717 g/mol. The monoisotopic (exact) mass is 763 g/mol. The maximum atomic E-state index is 17.5. The lowest BCUT2D eigenvalue weighted by molar-refractivity contribution is 0.107. The number of pyridine rings is 1. The molecule has 0 bridgehead atoms. The van der Waals surface area contributed by atoms with Crippen LogP contribution in [0.4, 0.5) is 20.3 Å². The van der Waals surface area contributed by atoms with E-state index in [1.807, 2.05) is 6.92 Å². The van der Waals surface area contributed by atoms with Crippen LogP contribution in [-0.2, 0) is 19.4 Å². The smallest absolute Gasteiger partial charge is 0.461 e. The summed E-state index contributed by atoms with van der Waals surface area (Å²) in [4.78, 5) is 34.3. The number of hydrogen-bond donors (Lipinski definition) is 1. The van der Waals surface area contributed by atoms with E-state index in [4.69, 9.17) is 40.7 Å². The number of nitrogens with two attached hydrogens (primary N) is 1. The van der Waals surface area contributed by atoms with Crippen LogP contribution in [-0.4, -0.2) is 75.2 Å². The van der Waals surface area contributed by atoms with E-state index in [9.17, 15) is 4.79 Å². The van der Waals surface area contributed by atoms with Crippen LogP contribution in [0.1, 0.15) is 88.0 Å². The number of piperazine rings is 1. The highest BCUT2D eigenvalue weighted by molar-refractivity contribution is 6.04. The summed E-state index contributed by atoms with van der Waals surface area (Å²) in [5.41, 5.74) is 7.77. The Morgan fingerprint density at radius 3 is 2.61 bits per heavy atom. The zero-order valence-electron chi connectivity index (χ0n) is 32.0. The average molecular weight is 764 g/mol. The Morgan fingerprint density at radius 2 is 1.84 bits per heavy atom. The lowest BCUT2D eigenvalue weighted by Crippen LogP contribution is -2.58. The summed E-state index contributed by atoms with van der Waals surface area (Å²) in [5.74, 6) is 2.33. The zero-order valence-corrected chi connectivity index (χ0v) is 32.0. The molecule has 4 aliphatic heterocycles. The van der Waals surface area contributed by atoms with Crippen molar-refractivity contribution in [2.45, 2.75) is 102 Å². The third-order valence-corrected chi connectivity index (χ3v) is 12.6. The maximum Gasteiger partial charge on any atom is 0.519 e. The molecule has 4 aliphatic rings. The summed E-state index contributed by atoms with van der Waals surface area (Å²) in [5, 5.41) is 1.51. The van der Waals surface area contributed by atoms with Crippen LogP contribution in [0.15, 0.2) is 37.9 Å². The van der Waals surface area contributed by atoms with Crippen LogP contribution < -0.4 is 21.2 Å². The van der Waals surface area contributed by atoms with Gasteiger partial charge >= 0.3 is 11.8 Å². The van der Waals surface area contributed by atoms with Crippen molar-refractivity contribution < 1.29 is 22.4 Å². The minimum absolute atomic E-state index is 0.0109. The molecule has 1 unspecified atom stereocenters. The maximum absolute atomic E-state index is 17.5. The van der Waals surface area contributed by atoms with E-state index < -0.39 is 17.5 Å². The normalized spacial score (nSPS) is 20.9. The van der Waals surface area contributed by atoms with E-state index in [1.165, 1.54) is 6.07 Å². The second-order valence-corrected chi connectivity index (χ2v) is 16.0. The number of terminal acetylenes is 1. The Morgan fingerprint density at radius 1 is 1.04 bits per heavy atom. The first-order valence-corrected chi connectivity index (χ1v) is 20.1. The van der Waals surface area contributed by atoms with Gasteiger partial charge in [0.15, 0.2) is 17.3 Å². The van der Waals surface area contributed by atoms with Gasteiger partial charge in [-0.25, -0.2) is 18.6 Å². The molecule has 2 N–H and O–H groups in total. The van der Waals surface area contributed by atoms with Crippen molar-refractivity contribution in [2.75, 3.05) is 43.4 Å². The number of rotatable bonds is 9. The molecule has 5 aromatic rings. The molecule has 3 fully saturated rings. The number of aromatic nitrogens is 3. The van der Waals surface area contributed by atoms with Crippen molar-refractivity contribution in [3.8, 4) is 29.6 Å². The van der Waals surface area contributed by atoms with Gasteiger partial charge in [-0.15, -0.1) is 6.42 Å². The van der Waals surface area contributed by atoms with Crippen molar-refractivity contribution >= 4 is 33.2 Å². The lowest BCUT2D eigenvalue weighted by atomic mass is 9.93. The standard InChI is InChI=1S/C43H47F2N7O4/c1-4-10-33-34(56-42(53)55-33)23-50-21-28-11-7-12-32-36-39(37(45)38(47-32)30-20-26(46)19-25-13-14-31(44)29(6-3)35(25)30)48-41(49-40(36)52(28)22-27(50)5-2)54-24-43-15-8-17-51(43)18-9-16-43/h3,13-14,19-20,27-28H,4-5,7-12,15-18,21-24,46H2,1-2H3/t27-,28?/m1/s1. The summed E-state index contributed by atoms with van der Waals surface area (Å²) in [6.07, 6.45) is 14.5. The van der Waals surface area contributed by atoms with Crippen molar-refractivity contribution in [1.29, 1.82) is 0 Å². The number of ether oxygens (including phenoxy) is 1. The minimum Gasteiger partial charge on any atom is -0.461 e. The highest BCUT2D eigenvalue weighted by Crippen LogP contribution is 2.43. The van der Waals surface area contributed by atoms with Gasteiger partial charge in [-0.3, -0.25) is 9.80 Å². The van der Waals surface area contributed by atoms with Gasteiger partial charge < -0.3 is 24.2 Å². The summed E-state index contributed by atoms with van der Waals surface area (Å²) < 4.78 is 50.3. The molecule has 0 amide bonds.